The van der Waals surface area contributed by atoms with Crippen LogP contribution in [0.15, 0.2) is 36.4 Å². The number of nitrogens with zero attached hydrogens (tertiary/aromatic N) is 4. The highest BCUT2D eigenvalue weighted by atomic mass is 32.2. The molecule has 0 spiro atoms. The molecule has 1 aromatic heterocycles. The Balaban J connectivity index is 1.59. The lowest BCUT2D eigenvalue weighted by molar-refractivity contribution is -0.137. The second-order valence-electron chi connectivity index (χ2n) is 6.64. The van der Waals surface area contributed by atoms with Crippen molar-refractivity contribution in [2.45, 2.75) is 18.9 Å². The van der Waals surface area contributed by atoms with Crippen LogP contribution in [-0.2, 0) is 22.0 Å². The molecule has 0 unspecified atom stereocenters. The summed E-state index contributed by atoms with van der Waals surface area (Å²) in [6.07, 6.45) is -4.44. The van der Waals surface area contributed by atoms with Gasteiger partial charge in [0.25, 0.3) is 0 Å². The average Bonchev–Trinajstić information content (AvgIpc) is 2.68. The first-order valence-electron chi connectivity index (χ1n) is 9.15. The smallest absolute Gasteiger partial charge is 0.369 e. The van der Waals surface area contributed by atoms with Crippen molar-refractivity contribution in [1.82, 2.24) is 14.5 Å². The summed E-state index contributed by atoms with van der Waals surface area (Å²) in [6, 6.07) is 7.87. The van der Waals surface area contributed by atoms with Gasteiger partial charge < -0.3 is 10.2 Å². The first-order chi connectivity index (χ1) is 13.7. The molecule has 158 valence electrons. The van der Waals surface area contributed by atoms with Gasteiger partial charge in [-0.2, -0.15) is 17.5 Å². The third-order valence-electron chi connectivity index (χ3n) is 4.59. The molecule has 1 aliphatic rings. The fourth-order valence-corrected chi connectivity index (χ4v) is 4.57. The second kappa shape index (κ2) is 8.54. The van der Waals surface area contributed by atoms with Gasteiger partial charge in [-0.15, -0.1) is 10.2 Å². The van der Waals surface area contributed by atoms with Crippen LogP contribution in [0.4, 0.5) is 24.8 Å². The van der Waals surface area contributed by atoms with Crippen LogP contribution in [0.5, 0.6) is 0 Å². The Labute approximate surface area is 167 Å². The second-order valence-corrected chi connectivity index (χ2v) is 8.61. The van der Waals surface area contributed by atoms with Crippen molar-refractivity contribution in [3.63, 3.8) is 0 Å². The number of sulfonamides is 1. The van der Waals surface area contributed by atoms with E-state index in [1.165, 1.54) is 16.4 Å². The highest BCUT2D eigenvalue weighted by molar-refractivity contribution is 7.88. The Bertz CT molecular complexity index is 910. The van der Waals surface area contributed by atoms with Gasteiger partial charge in [0.15, 0.2) is 5.82 Å². The fraction of sp³-hybridized carbons (Fsp3) is 0.444. The standard InChI is InChI=1S/C18H22F3N5O2S/c1-2-22-16-7-8-17(24-23-16)25-9-11-26(12-10-25)29(27,28)13-14-3-5-15(6-4-14)18(19,20)21/h3-8H,2,9-13H2,1H3,(H,22,23). The average molecular weight is 429 g/mol. The number of benzene rings is 1. The van der Waals surface area contributed by atoms with E-state index in [-0.39, 0.29) is 18.8 Å². The van der Waals surface area contributed by atoms with Crippen LogP contribution >= 0.6 is 0 Å². The van der Waals surface area contributed by atoms with Crippen LogP contribution in [0.3, 0.4) is 0 Å². The number of hydrogen-bond donors (Lipinski definition) is 1. The molecule has 3 rings (SSSR count). The largest absolute Gasteiger partial charge is 0.416 e. The zero-order chi connectivity index (χ0) is 21.1. The molecule has 1 saturated heterocycles. The molecule has 1 aromatic carbocycles. The van der Waals surface area contributed by atoms with Crippen molar-refractivity contribution in [3.8, 4) is 0 Å². The number of rotatable bonds is 6. The topological polar surface area (TPSA) is 78.4 Å². The van der Waals surface area contributed by atoms with Gasteiger partial charge in [0.1, 0.15) is 5.82 Å². The monoisotopic (exact) mass is 429 g/mol. The SMILES string of the molecule is CCNc1ccc(N2CCN(S(=O)(=O)Cc3ccc(C(F)(F)F)cc3)CC2)nn1. The van der Waals surface area contributed by atoms with E-state index in [1.807, 2.05) is 24.0 Å². The zero-order valence-electron chi connectivity index (χ0n) is 15.9. The minimum atomic E-state index is -4.44. The van der Waals surface area contributed by atoms with Crippen molar-refractivity contribution in [3.05, 3.63) is 47.5 Å². The molecule has 0 amide bonds. The fourth-order valence-electron chi connectivity index (χ4n) is 3.06. The van der Waals surface area contributed by atoms with Crippen molar-refractivity contribution in [2.24, 2.45) is 0 Å². The Hall–Kier alpha value is -2.40. The lowest BCUT2D eigenvalue weighted by atomic mass is 10.1. The van der Waals surface area contributed by atoms with E-state index in [9.17, 15) is 21.6 Å². The first-order valence-corrected chi connectivity index (χ1v) is 10.8. The van der Waals surface area contributed by atoms with Crippen molar-refractivity contribution in [1.29, 1.82) is 0 Å². The minimum Gasteiger partial charge on any atom is -0.369 e. The summed E-state index contributed by atoms with van der Waals surface area (Å²) in [4.78, 5) is 1.95. The summed E-state index contributed by atoms with van der Waals surface area (Å²) in [6.45, 7) is 4.17. The summed E-state index contributed by atoms with van der Waals surface area (Å²) in [5, 5.41) is 11.3. The number of halogens is 3. The lowest BCUT2D eigenvalue weighted by Crippen LogP contribution is -2.49. The van der Waals surface area contributed by atoms with E-state index in [1.54, 1.807) is 0 Å². The molecule has 29 heavy (non-hydrogen) atoms. The van der Waals surface area contributed by atoms with E-state index in [0.29, 0.717) is 30.3 Å². The summed E-state index contributed by atoms with van der Waals surface area (Å²) in [5.74, 6) is 1.02. The van der Waals surface area contributed by atoms with E-state index in [2.05, 4.69) is 15.5 Å². The maximum Gasteiger partial charge on any atom is 0.416 e. The molecule has 1 aliphatic heterocycles. The van der Waals surface area contributed by atoms with Gasteiger partial charge in [-0.3, -0.25) is 0 Å². The number of alkyl halides is 3. The van der Waals surface area contributed by atoms with Gasteiger partial charge in [-0.1, -0.05) is 12.1 Å². The molecule has 1 N–H and O–H groups in total. The predicted molar refractivity (Wildman–Crippen MR) is 104 cm³/mol. The number of aromatic nitrogens is 2. The van der Waals surface area contributed by atoms with Crippen molar-refractivity contribution in [2.75, 3.05) is 42.9 Å². The molecule has 0 radical (unpaired) electrons. The molecular weight excluding hydrogens is 407 g/mol. The van der Waals surface area contributed by atoms with Crippen molar-refractivity contribution >= 4 is 21.7 Å². The Morgan fingerprint density at radius 2 is 1.66 bits per heavy atom. The third-order valence-corrected chi connectivity index (χ3v) is 6.44. The van der Waals surface area contributed by atoms with Gasteiger partial charge in [-0.05, 0) is 36.8 Å². The van der Waals surface area contributed by atoms with Crippen LogP contribution in [0.2, 0.25) is 0 Å². The summed E-state index contributed by atoms with van der Waals surface area (Å²) < 4.78 is 64.6. The van der Waals surface area contributed by atoms with E-state index < -0.39 is 21.8 Å². The maximum absolute atomic E-state index is 12.6. The molecule has 2 heterocycles. The molecule has 1 fully saturated rings. The Kier molecular flexibility index (Phi) is 6.27. The van der Waals surface area contributed by atoms with Crippen LogP contribution in [0.25, 0.3) is 0 Å². The van der Waals surface area contributed by atoms with Crippen LogP contribution < -0.4 is 10.2 Å². The third kappa shape index (κ3) is 5.36. The van der Waals surface area contributed by atoms with Gasteiger partial charge in [-0.25, -0.2) is 8.42 Å². The normalized spacial score (nSPS) is 16.1. The van der Waals surface area contributed by atoms with E-state index in [0.717, 1.165) is 18.7 Å². The molecule has 0 saturated carbocycles. The molecule has 0 bridgehead atoms. The molecule has 0 aliphatic carbocycles. The highest BCUT2D eigenvalue weighted by Crippen LogP contribution is 2.29. The van der Waals surface area contributed by atoms with Gasteiger partial charge >= 0.3 is 6.18 Å². The van der Waals surface area contributed by atoms with Crippen LogP contribution in [0.1, 0.15) is 18.1 Å². The summed E-state index contributed by atoms with van der Waals surface area (Å²) >= 11 is 0. The number of hydrogen-bond acceptors (Lipinski definition) is 6. The molecular formula is C18H22F3N5O2S. The highest BCUT2D eigenvalue weighted by Gasteiger charge is 2.31. The van der Waals surface area contributed by atoms with E-state index >= 15 is 0 Å². The maximum atomic E-state index is 12.6. The first kappa shape index (κ1) is 21.3. The lowest BCUT2D eigenvalue weighted by Gasteiger charge is -2.34. The van der Waals surface area contributed by atoms with E-state index in [4.69, 9.17) is 0 Å². The molecule has 7 nitrogen and oxygen atoms in total. The van der Waals surface area contributed by atoms with Gasteiger partial charge in [0.05, 0.1) is 11.3 Å². The van der Waals surface area contributed by atoms with Gasteiger partial charge in [0.2, 0.25) is 10.0 Å². The molecule has 11 heteroatoms. The van der Waals surface area contributed by atoms with Crippen LogP contribution in [-0.4, -0.2) is 55.6 Å². The number of anilines is 2. The Morgan fingerprint density at radius 3 is 2.17 bits per heavy atom. The van der Waals surface area contributed by atoms with Crippen molar-refractivity contribution < 1.29 is 21.6 Å². The summed E-state index contributed by atoms with van der Waals surface area (Å²) in [7, 11) is -3.63. The summed E-state index contributed by atoms with van der Waals surface area (Å²) in [5.41, 5.74) is -0.473. The minimum absolute atomic E-state index is 0.277. The molecule has 2 aromatic rings. The van der Waals surface area contributed by atoms with Crippen LogP contribution in [0, 0.1) is 0 Å². The Morgan fingerprint density at radius 1 is 1.00 bits per heavy atom. The number of nitrogens with one attached hydrogen (secondary N) is 1. The quantitative estimate of drug-likeness (QED) is 0.761. The zero-order valence-corrected chi connectivity index (χ0v) is 16.7. The molecule has 0 atom stereocenters. The predicted octanol–water partition coefficient (Wildman–Crippen LogP) is 2.58. The number of piperazine rings is 1. The van der Waals surface area contributed by atoms with Gasteiger partial charge in [0, 0.05) is 32.7 Å².